The van der Waals surface area contributed by atoms with Gasteiger partial charge >= 0.3 is 0 Å². The summed E-state index contributed by atoms with van der Waals surface area (Å²) in [5, 5.41) is 4.51. The first-order valence-electron chi connectivity index (χ1n) is 10.7. The number of hydrogen-bond acceptors (Lipinski definition) is 5. The Labute approximate surface area is 179 Å². The van der Waals surface area contributed by atoms with Gasteiger partial charge in [-0.2, -0.15) is 5.10 Å². The highest BCUT2D eigenvalue weighted by molar-refractivity contribution is 5.49. The van der Waals surface area contributed by atoms with E-state index in [0.717, 1.165) is 52.5 Å². The fourth-order valence-electron chi connectivity index (χ4n) is 4.21. The number of pyridine rings is 1. The van der Waals surface area contributed by atoms with E-state index in [4.69, 9.17) is 4.74 Å². The van der Waals surface area contributed by atoms with E-state index >= 15 is 0 Å². The van der Waals surface area contributed by atoms with Crippen LogP contribution in [0.25, 0.3) is 5.69 Å². The van der Waals surface area contributed by atoms with E-state index in [1.54, 1.807) is 0 Å². The van der Waals surface area contributed by atoms with Crippen LogP contribution in [-0.2, 0) is 17.8 Å². The fraction of sp³-hybridized carbons (Fsp3) is 0.417. The molecule has 4 rings (SSSR count). The first-order valence-corrected chi connectivity index (χ1v) is 10.7. The monoisotopic (exact) mass is 405 g/mol. The molecular formula is C24H31N5O. The maximum absolute atomic E-state index is 5.51. The Bertz CT molecular complexity index is 920. The summed E-state index contributed by atoms with van der Waals surface area (Å²) in [4.78, 5) is 9.33. The molecule has 6 nitrogen and oxygen atoms in total. The lowest BCUT2D eigenvalue weighted by Gasteiger charge is -2.30. The predicted molar refractivity (Wildman–Crippen MR) is 119 cm³/mol. The van der Waals surface area contributed by atoms with E-state index in [1.165, 1.54) is 27.9 Å². The lowest BCUT2D eigenvalue weighted by atomic mass is 10.0. The molecular weight excluding hydrogens is 374 g/mol. The van der Waals surface area contributed by atoms with Crippen molar-refractivity contribution in [2.24, 2.45) is 0 Å². The molecule has 1 aliphatic heterocycles. The molecule has 0 radical (unpaired) electrons. The summed E-state index contributed by atoms with van der Waals surface area (Å²) in [5.74, 6) is 0. The highest BCUT2D eigenvalue weighted by Gasteiger charge is 2.17. The molecule has 0 N–H and O–H groups in total. The molecule has 0 aliphatic carbocycles. The van der Waals surface area contributed by atoms with Crippen LogP contribution < -0.4 is 0 Å². The smallest absolute Gasteiger partial charge is 0.0719 e. The second kappa shape index (κ2) is 9.98. The van der Waals surface area contributed by atoms with Crippen LogP contribution >= 0.6 is 0 Å². The standard InChI is InChI=1S/C24H31N5O/c1-20-15-21(2)24(29-8-4-7-26-29)23(16-20)19-28(18-22-5-3-6-25-17-22)10-9-27-11-13-30-14-12-27/h3-8,15-17H,9-14,18-19H2,1-2H3. The summed E-state index contributed by atoms with van der Waals surface area (Å²) in [7, 11) is 0. The van der Waals surface area contributed by atoms with Gasteiger partial charge in [0.05, 0.1) is 18.9 Å². The van der Waals surface area contributed by atoms with Gasteiger partial charge in [0.1, 0.15) is 0 Å². The highest BCUT2D eigenvalue weighted by Crippen LogP contribution is 2.23. The van der Waals surface area contributed by atoms with Gasteiger partial charge in [0.15, 0.2) is 0 Å². The molecule has 0 amide bonds. The molecule has 1 aliphatic rings. The third-order valence-electron chi connectivity index (χ3n) is 5.62. The van der Waals surface area contributed by atoms with Gasteiger partial charge in [0.2, 0.25) is 0 Å². The molecule has 0 atom stereocenters. The minimum Gasteiger partial charge on any atom is -0.379 e. The minimum absolute atomic E-state index is 0.836. The number of rotatable bonds is 8. The Morgan fingerprint density at radius 2 is 1.93 bits per heavy atom. The maximum Gasteiger partial charge on any atom is 0.0719 e. The van der Waals surface area contributed by atoms with Gasteiger partial charge in [-0.15, -0.1) is 0 Å². The Morgan fingerprint density at radius 1 is 1.07 bits per heavy atom. The molecule has 3 aromatic rings. The van der Waals surface area contributed by atoms with Gasteiger partial charge in [-0.25, -0.2) is 4.68 Å². The number of nitrogens with zero attached hydrogens (tertiary/aromatic N) is 5. The minimum atomic E-state index is 0.836. The summed E-state index contributed by atoms with van der Waals surface area (Å²) in [5.41, 5.74) is 6.27. The lowest BCUT2D eigenvalue weighted by molar-refractivity contribution is 0.0325. The van der Waals surface area contributed by atoms with Crippen molar-refractivity contribution in [1.29, 1.82) is 0 Å². The van der Waals surface area contributed by atoms with Gasteiger partial charge in [-0.1, -0.05) is 23.8 Å². The zero-order valence-corrected chi connectivity index (χ0v) is 18.0. The zero-order valence-electron chi connectivity index (χ0n) is 18.0. The summed E-state index contributed by atoms with van der Waals surface area (Å²) >= 11 is 0. The third-order valence-corrected chi connectivity index (χ3v) is 5.62. The molecule has 2 aromatic heterocycles. The maximum atomic E-state index is 5.51. The van der Waals surface area contributed by atoms with Crippen molar-refractivity contribution in [1.82, 2.24) is 24.6 Å². The van der Waals surface area contributed by atoms with Crippen LogP contribution in [0, 0.1) is 13.8 Å². The van der Waals surface area contributed by atoms with E-state index in [1.807, 2.05) is 41.6 Å². The average molecular weight is 406 g/mol. The van der Waals surface area contributed by atoms with Gasteiger partial charge in [-0.05, 0) is 42.7 Å². The Balaban J connectivity index is 1.57. The molecule has 1 aromatic carbocycles. The van der Waals surface area contributed by atoms with Crippen LogP contribution in [0.3, 0.4) is 0 Å². The van der Waals surface area contributed by atoms with Gasteiger partial charge in [0, 0.05) is 64.1 Å². The van der Waals surface area contributed by atoms with Crippen LogP contribution in [-0.4, -0.2) is 64.0 Å². The number of hydrogen-bond donors (Lipinski definition) is 0. The quantitative estimate of drug-likeness (QED) is 0.576. The van der Waals surface area contributed by atoms with E-state index in [2.05, 4.69) is 51.9 Å². The van der Waals surface area contributed by atoms with E-state index in [9.17, 15) is 0 Å². The Kier molecular flexibility index (Phi) is 6.89. The summed E-state index contributed by atoms with van der Waals surface area (Å²) in [6, 6.07) is 10.7. The van der Waals surface area contributed by atoms with E-state index in [-0.39, 0.29) is 0 Å². The highest BCUT2D eigenvalue weighted by atomic mass is 16.5. The van der Waals surface area contributed by atoms with Crippen molar-refractivity contribution in [3.05, 3.63) is 77.4 Å². The SMILES string of the molecule is Cc1cc(C)c(-n2cccn2)c(CN(CCN2CCOCC2)Cc2cccnc2)c1. The van der Waals surface area contributed by atoms with Gasteiger partial charge < -0.3 is 4.74 Å². The molecule has 0 bridgehead atoms. The third kappa shape index (κ3) is 5.33. The number of aromatic nitrogens is 3. The Morgan fingerprint density at radius 3 is 2.67 bits per heavy atom. The predicted octanol–water partition coefficient (Wildman–Crippen LogP) is 3.22. The van der Waals surface area contributed by atoms with Crippen LogP contribution in [0.4, 0.5) is 0 Å². The first-order chi connectivity index (χ1) is 14.7. The van der Waals surface area contributed by atoms with Crippen LogP contribution in [0.5, 0.6) is 0 Å². The second-order valence-corrected chi connectivity index (χ2v) is 8.07. The Hall–Kier alpha value is -2.54. The number of aryl methyl sites for hydroxylation is 2. The average Bonchev–Trinajstić information content (AvgIpc) is 3.27. The topological polar surface area (TPSA) is 46.4 Å². The molecule has 1 fully saturated rings. The van der Waals surface area contributed by atoms with Crippen molar-refractivity contribution in [3.63, 3.8) is 0 Å². The van der Waals surface area contributed by atoms with Crippen molar-refractivity contribution in [2.45, 2.75) is 26.9 Å². The molecule has 3 heterocycles. The zero-order chi connectivity index (χ0) is 20.8. The van der Waals surface area contributed by atoms with Crippen molar-refractivity contribution in [2.75, 3.05) is 39.4 Å². The number of ether oxygens (including phenoxy) is 1. The summed E-state index contributed by atoms with van der Waals surface area (Å²) in [6.45, 7) is 11.8. The fourth-order valence-corrected chi connectivity index (χ4v) is 4.21. The van der Waals surface area contributed by atoms with Gasteiger partial charge in [0.25, 0.3) is 0 Å². The van der Waals surface area contributed by atoms with Crippen LogP contribution in [0.1, 0.15) is 22.3 Å². The summed E-state index contributed by atoms with van der Waals surface area (Å²) in [6.07, 6.45) is 7.67. The first kappa shape index (κ1) is 20.7. The molecule has 1 saturated heterocycles. The van der Waals surface area contributed by atoms with Crippen molar-refractivity contribution in [3.8, 4) is 5.69 Å². The second-order valence-electron chi connectivity index (χ2n) is 8.07. The van der Waals surface area contributed by atoms with Crippen LogP contribution in [0.2, 0.25) is 0 Å². The van der Waals surface area contributed by atoms with Crippen LogP contribution in [0.15, 0.2) is 55.1 Å². The summed E-state index contributed by atoms with van der Waals surface area (Å²) < 4.78 is 7.50. The normalized spacial score (nSPS) is 15.0. The lowest BCUT2D eigenvalue weighted by Crippen LogP contribution is -2.41. The van der Waals surface area contributed by atoms with E-state index in [0.29, 0.717) is 0 Å². The molecule has 30 heavy (non-hydrogen) atoms. The van der Waals surface area contributed by atoms with Crippen molar-refractivity contribution < 1.29 is 4.74 Å². The molecule has 0 saturated carbocycles. The molecule has 6 heteroatoms. The van der Waals surface area contributed by atoms with Crippen molar-refractivity contribution >= 4 is 0 Å². The van der Waals surface area contributed by atoms with Gasteiger partial charge in [-0.3, -0.25) is 14.8 Å². The molecule has 0 unspecified atom stereocenters. The molecule has 0 spiro atoms. The largest absolute Gasteiger partial charge is 0.379 e. The number of morpholine rings is 1. The van der Waals surface area contributed by atoms with E-state index < -0.39 is 0 Å². The molecule has 158 valence electrons. The number of benzene rings is 1.